The molecule has 0 spiro atoms. The largest absolute Gasteiger partial charge is 0.396 e. The molecule has 0 aliphatic heterocycles. The van der Waals surface area contributed by atoms with Crippen molar-refractivity contribution in [1.29, 1.82) is 0 Å². The molecule has 0 radical (unpaired) electrons. The molecule has 5 nitrogen and oxygen atoms in total. The van der Waals surface area contributed by atoms with Gasteiger partial charge < -0.3 is 15.7 Å². The molecule has 0 saturated heterocycles. The van der Waals surface area contributed by atoms with E-state index in [1.54, 1.807) is 24.3 Å². The second kappa shape index (κ2) is 9.47. The predicted molar refractivity (Wildman–Crippen MR) is 92.4 cm³/mol. The first-order valence-electron chi connectivity index (χ1n) is 7.99. The van der Waals surface area contributed by atoms with Gasteiger partial charge in [0.05, 0.1) is 12.5 Å². The van der Waals surface area contributed by atoms with Gasteiger partial charge in [-0.15, -0.1) is 0 Å². The van der Waals surface area contributed by atoms with Crippen molar-refractivity contribution in [2.75, 3.05) is 13.2 Å². The van der Waals surface area contributed by atoms with E-state index in [9.17, 15) is 9.59 Å². The van der Waals surface area contributed by atoms with E-state index < -0.39 is 6.04 Å². The number of rotatable bonds is 8. The first-order chi connectivity index (χ1) is 11.7. The van der Waals surface area contributed by atoms with Crippen molar-refractivity contribution < 1.29 is 14.7 Å². The van der Waals surface area contributed by atoms with Crippen molar-refractivity contribution in [1.82, 2.24) is 10.6 Å². The summed E-state index contributed by atoms with van der Waals surface area (Å²) in [7, 11) is 0. The van der Waals surface area contributed by atoms with Crippen LogP contribution in [0.2, 0.25) is 0 Å². The smallest absolute Gasteiger partial charge is 0.251 e. The minimum absolute atomic E-state index is 0.0349. The zero-order chi connectivity index (χ0) is 17.2. The molecule has 24 heavy (non-hydrogen) atoms. The second-order valence-electron chi connectivity index (χ2n) is 5.43. The summed E-state index contributed by atoms with van der Waals surface area (Å²) in [6.07, 6.45) is 0.659. The highest BCUT2D eigenvalue weighted by atomic mass is 16.3. The Hall–Kier alpha value is -2.66. The van der Waals surface area contributed by atoms with Crippen molar-refractivity contribution >= 4 is 11.8 Å². The average Bonchev–Trinajstić information content (AvgIpc) is 2.63. The normalized spacial score (nSPS) is 11.5. The van der Waals surface area contributed by atoms with Gasteiger partial charge >= 0.3 is 0 Å². The highest BCUT2D eigenvalue weighted by molar-refractivity contribution is 5.94. The molecule has 0 fully saturated rings. The standard InChI is InChI=1S/C19H22N2O3/c22-13-7-12-20-18(23)14-17(15-8-3-1-4-9-15)21-19(24)16-10-5-2-6-11-16/h1-6,8-11,17,22H,7,12-14H2,(H,20,23)(H,21,24). The number of hydrogen-bond acceptors (Lipinski definition) is 3. The topological polar surface area (TPSA) is 78.4 Å². The minimum Gasteiger partial charge on any atom is -0.396 e. The third kappa shape index (κ3) is 5.52. The zero-order valence-electron chi connectivity index (χ0n) is 13.4. The van der Waals surface area contributed by atoms with Gasteiger partial charge in [0.1, 0.15) is 0 Å². The summed E-state index contributed by atoms with van der Waals surface area (Å²) in [6, 6.07) is 17.9. The molecular weight excluding hydrogens is 304 g/mol. The van der Waals surface area contributed by atoms with Crippen molar-refractivity contribution in [3.05, 3.63) is 71.8 Å². The molecule has 0 saturated carbocycles. The van der Waals surface area contributed by atoms with Crippen molar-refractivity contribution in [3.63, 3.8) is 0 Å². The Morgan fingerprint density at radius 1 is 0.958 bits per heavy atom. The molecule has 2 amide bonds. The maximum absolute atomic E-state index is 12.4. The number of aliphatic hydroxyl groups excluding tert-OH is 1. The van der Waals surface area contributed by atoms with Gasteiger partial charge in [-0.2, -0.15) is 0 Å². The first kappa shape index (κ1) is 17.7. The first-order valence-corrected chi connectivity index (χ1v) is 7.99. The summed E-state index contributed by atoms with van der Waals surface area (Å²) in [5, 5.41) is 14.4. The molecule has 2 aromatic carbocycles. The van der Waals surface area contributed by atoms with Gasteiger partial charge in [0.25, 0.3) is 5.91 Å². The molecule has 0 bridgehead atoms. The van der Waals surface area contributed by atoms with E-state index >= 15 is 0 Å². The number of aliphatic hydroxyl groups is 1. The highest BCUT2D eigenvalue weighted by Gasteiger charge is 2.18. The maximum Gasteiger partial charge on any atom is 0.251 e. The summed E-state index contributed by atoms with van der Waals surface area (Å²) < 4.78 is 0. The predicted octanol–water partition coefficient (Wildman–Crippen LogP) is 2.05. The summed E-state index contributed by atoms with van der Waals surface area (Å²) in [6.45, 7) is 0.455. The van der Waals surface area contributed by atoms with Crippen LogP contribution in [0.5, 0.6) is 0 Å². The summed E-state index contributed by atoms with van der Waals surface area (Å²) >= 11 is 0. The lowest BCUT2D eigenvalue weighted by atomic mass is 10.0. The molecule has 2 aromatic rings. The number of nitrogens with one attached hydrogen (secondary N) is 2. The molecule has 1 atom stereocenters. The number of amides is 2. The van der Waals surface area contributed by atoms with E-state index in [4.69, 9.17) is 5.11 Å². The Balaban J connectivity index is 2.06. The van der Waals surface area contributed by atoms with Gasteiger partial charge in [-0.3, -0.25) is 9.59 Å². The lowest BCUT2D eigenvalue weighted by Gasteiger charge is -2.19. The van der Waals surface area contributed by atoms with Crippen LogP contribution in [0, 0.1) is 0 Å². The third-order valence-corrected chi connectivity index (χ3v) is 3.59. The Morgan fingerprint density at radius 2 is 1.58 bits per heavy atom. The van der Waals surface area contributed by atoms with Gasteiger partial charge in [-0.1, -0.05) is 48.5 Å². The van der Waals surface area contributed by atoms with E-state index in [0.717, 1.165) is 5.56 Å². The zero-order valence-corrected chi connectivity index (χ0v) is 13.4. The Morgan fingerprint density at radius 3 is 2.21 bits per heavy atom. The average molecular weight is 326 g/mol. The molecule has 0 aliphatic carbocycles. The minimum atomic E-state index is -0.409. The molecule has 3 N–H and O–H groups in total. The van der Waals surface area contributed by atoms with E-state index in [0.29, 0.717) is 18.5 Å². The summed E-state index contributed by atoms with van der Waals surface area (Å²) in [4.78, 5) is 24.5. The van der Waals surface area contributed by atoms with Crippen LogP contribution in [0.3, 0.4) is 0 Å². The van der Waals surface area contributed by atoms with Crippen LogP contribution >= 0.6 is 0 Å². The molecule has 0 aromatic heterocycles. The van der Waals surface area contributed by atoms with Gasteiger partial charge in [0.15, 0.2) is 0 Å². The van der Waals surface area contributed by atoms with Crippen molar-refractivity contribution in [2.45, 2.75) is 18.9 Å². The van der Waals surface area contributed by atoms with Gasteiger partial charge in [-0.25, -0.2) is 0 Å². The number of carbonyl (C=O) groups excluding carboxylic acids is 2. The third-order valence-electron chi connectivity index (χ3n) is 3.59. The fourth-order valence-electron chi connectivity index (χ4n) is 2.33. The number of benzene rings is 2. The number of carbonyl (C=O) groups is 2. The lowest BCUT2D eigenvalue weighted by molar-refractivity contribution is -0.121. The fraction of sp³-hybridized carbons (Fsp3) is 0.263. The van der Waals surface area contributed by atoms with Crippen LogP contribution < -0.4 is 10.6 Å². The maximum atomic E-state index is 12.4. The fourth-order valence-corrected chi connectivity index (χ4v) is 2.33. The molecule has 0 aliphatic rings. The van der Waals surface area contributed by atoms with Crippen LogP contribution in [0.4, 0.5) is 0 Å². The van der Waals surface area contributed by atoms with Crippen LogP contribution in [0.1, 0.15) is 34.8 Å². The number of hydrogen-bond donors (Lipinski definition) is 3. The molecule has 0 heterocycles. The van der Waals surface area contributed by atoms with Gasteiger partial charge in [0.2, 0.25) is 5.91 Å². The van der Waals surface area contributed by atoms with Crippen LogP contribution in [-0.2, 0) is 4.79 Å². The molecule has 5 heteroatoms. The Bertz CT molecular complexity index is 644. The SMILES string of the molecule is O=C(CC(NC(=O)c1ccccc1)c1ccccc1)NCCCO. The molecular formula is C19H22N2O3. The highest BCUT2D eigenvalue weighted by Crippen LogP contribution is 2.17. The quantitative estimate of drug-likeness (QED) is 0.650. The van der Waals surface area contributed by atoms with Gasteiger partial charge in [-0.05, 0) is 24.1 Å². The second-order valence-corrected chi connectivity index (χ2v) is 5.43. The van der Waals surface area contributed by atoms with E-state index in [2.05, 4.69) is 10.6 Å². The van der Waals surface area contributed by atoms with E-state index in [1.165, 1.54) is 0 Å². The van der Waals surface area contributed by atoms with Gasteiger partial charge in [0, 0.05) is 18.7 Å². The molecule has 1 unspecified atom stereocenters. The summed E-state index contributed by atoms with van der Waals surface area (Å²) in [5.74, 6) is -0.377. The van der Waals surface area contributed by atoms with Crippen molar-refractivity contribution in [2.24, 2.45) is 0 Å². The summed E-state index contributed by atoms with van der Waals surface area (Å²) in [5.41, 5.74) is 1.43. The van der Waals surface area contributed by atoms with Crippen molar-refractivity contribution in [3.8, 4) is 0 Å². The lowest BCUT2D eigenvalue weighted by Crippen LogP contribution is -2.34. The van der Waals surface area contributed by atoms with Crippen LogP contribution in [0.25, 0.3) is 0 Å². The monoisotopic (exact) mass is 326 g/mol. The van der Waals surface area contributed by atoms with E-state index in [-0.39, 0.29) is 24.8 Å². The Labute approximate surface area is 141 Å². The molecule has 126 valence electrons. The van der Waals surface area contributed by atoms with E-state index in [1.807, 2.05) is 36.4 Å². The van der Waals surface area contributed by atoms with Crippen LogP contribution in [-0.4, -0.2) is 30.1 Å². The Kier molecular flexibility index (Phi) is 6.98. The molecule has 2 rings (SSSR count). The van der Waals surface area contributed by atoms with Crippen LogP contribution in [0.15, 0.2) is 60.7 Å².